The van der Waals surface area contributed by atoms with E-state index in [-0.39, 0.29) is 12.3 Å². The first-order valence-electron chi connectivity index (χ1n) is 10.1. The van der Waals surface area contributed by atoms with Gasteiger partial charge in [0.05, 0.1) is 32.1 Å². The normalized spacial score (nSPS) is 45.7. The van der Waals surface area contributed by atoms with E-state index >= 15 is 0 Å². The van der Waals surface area contributed by atoms with E-state index < -0.39 is 0 Å². The molecule has 4 unspecified atom stereocenters. The molecule has 0 aromatic carbocycles. The standard InChI is InChI=1S/C18H33ClN4O2/c19-13-3-1-12(2-4-13)17-15-5-6-20-10-16(15)18(23-22-17)21-9-14-11-24-7-8-25-14/h12-18,20-23H,1-11H2/t12?,13?,14-,15?,16?,17?,18?/m1/s1. The molecule has 4 rings (SSSR count). The molecule has 7 heteroatoms. The molecular weight excluding hydrogens is 340 g/mol. The molecule has 1 aliphatic carbocycles. The van der Waals surface area contributed by atoms with Crippen molar-refractivity contribution in [1.82, 2.24) is 21.5 Å². The summed E-state index contributed by atoms with van der Waals surface area (Å²) < 4.78 is 11.3. The van der Waals surface area contributed by atoms with Gasteiger partial charge in [-0.25, -0.2) is 5.43 Å². The predicted octanol–water partition coefficient (Wildman–Crippen LogP) is 0.817. The van der Waals surface area contributed by atoms with Crippen LogP contribution in [-0.4, -0.2) is 63.1 Å². The smallest absolute Gasteiger partial charge is 0.0934 e. The van der Waals surface area contributed by atoms with Gasteiger partial charge in [0, 0.05) is 30.4 Å². The van der Waals surface area contributed by atoms with Crippen molar-refractivity contribution in [3.63, 3.8) is 0 Å². The summed E-state index contributed by atoms with van der Waals surface area (Å²) in [4.78, 5) is 0. The lowest BCUT2D eigenvalue weighted by molar-refractivity contribution is -0.0896. The zero-order chi connectivity index (χ0) is 17.1. The van der Waals surface area contributed by atoms with E-state index in [0.717, 1.165) is 38.1 Å². The van der Waals surface area contributed by atoms with Crippen LogP contribution in [0.5, 0.6) is 0 Å². The topological polar surface area (TPSA) is 66.6 Å². The minimum atomic E-state index is 0.169. The Morgan fingerprint density at radius 1 is 1.00 bits per heavy atom. The molecule has 1 saturated carbocycles. The van der Waals surface area contributed by atoms with Gasteiger partial charge in [0.2, 0.25) is 0 Å². The van der Waals surface area contributed by atoms with E-state index in [1.807, 2.05) is 0 Å². The molecule has 6 nitrogen and oxygen atoms in total. The molecule has 0 amide bonds. The average molecular weight is 373 g/mol. The molecule has 0 aromatic rings. The first-order valence-corrected chi connectivity index (χ1v) is 10.5. The molecule has 0 bridgehead atoms. The van der Waals surface area contributed by atoms with Gasteiger partial charge in [0.15, 0.2) is 0 Å². The molecule has 4 N–H and O–H groups in total. The van der Waals surface area contributed by atoms with Gasteiger partial charge in [-0.05, 0) is 50.5 Å². The second-order valence-corrected chi connectivity index (χ2v) is 8.72. The molecule has 0 radical (unpaired) electrons. The van der Waals surface area contributed by atoms with Gasteiger partial charge >= 0.3 is 0 Å². The van der Waals surface area contributed by atoms with Crippen molar-refractivity contribution in [1.29, 1.82) is 0 Å². The van der Waals surface area contributed by atoms with E-state index in [4.69, 9.17) is 21.1 Å². The predicted molar refractivity (Wildman–Crippen MR) is 98.5 cm³/mol. The number of hydrazine groups is 1. The van der Waals surface area contributed by atoms with Crippen LogP contribution in [0.15, 0.2) is 0 Å². The summed E-state index contributed by atoms with van der Waals surface area (Å²) in [6.45, 7) is 5.19. The third-order valence-corrected chi connectivity index (χ3v) is 6.98. The van der Waals surface area contributed by atoms with Crippen molar-refractivity contribution in [2.45, 2.75) is 55.8 Å². The molecule has 3 heterocycles. The van der Waals surface area contributed by atoms with Crippen LogP contribution >= 0.6 is 11.6 Å². The summed E-state index contributed by atoms with van der Waals surface area (Å²) in [5.74, 6) is 2.09. The van der Waals surface area contributed by atoms with Crippen LogP contribution in [0.25, 0.3) is 0 Å². The fourth-order valence-electron chi connectivity index (χ4n) is 5.13. The number of hydrogen-bond donors (Lipinski definition) is 4. The molecule has 3 aliphatic heterocycles. The maximum atomic E-state index is 6.32. The Kier molecular flexibility index (Phi) is 6.50. The molecule has 4 fully saturated rings. The number of hydrogen-bond acceptors (Lipinski definition) is 6. The molecular formula is C18H33ClN4O2. The lowest BCUT2D eigenvalue weighted by Crippen LogP contribution is -2.70. The van der Waals surface area contributed by atoms with Crippen molar-refractivity contribution in [2.24, 2.45) is 17.8 Å². The highest BCUT2D eigenvalue weighted by atomic mass is 35.5. The third-order valence-electron chi connectivity index (χ3n) is 6.54. The fraction of sp³-hybridized carbons (Fsp3) is 1.00. The van der Waals surface area contributed by atoms with Crippen molar-refractivity contribution in [3.05, 3.63) is 0 Å². The van der Waals surface area contributed by atoms with Crippen LogP contribution in [0, 0.1) is 17.8 Å². The van der Waals surface area contributed by atoms with Gasteiger partial charge in [-0.2, -0.15) is 0 Å². The second kappa shape index (κ2) is 8.83. The number of fused-ring (bicyclic) bond motifs is 1. The first kappa shape index (κ1) is 18.4. The first-order chi connectivity index (χ1) is 12.3. The summed E-state index contributed by atoms with van der Waals surface area (Å²) in [5.41, 5.74) is 7.27. The Morgan fingerprint density at radius 3 is 2.68 bits per heavy atom. The summed E-state index contributed by atoms with van der Waals surface area (Å²) >= 11 is 6.32. The molecule has 25 heavy (non-hydrogen) atoms. The monoisotopic (exact) mass is 372 g/mol. The summed E-state index contributed by atoms with van der Waals surface area (Å²) in [7, 11) is 0. The molecule has 3 saturated heterocycles. The highest BCUT2D eigenvalue weighted by molar-refractivity contribution is 6.20. The molecule has 144 valence electrons. The number of ether oxygens (including phenoxy) is 2. The Balaban J connectivity index is 1.34. The lowest BCUT2D eigenvalue weighted by Gasteiger charge is -2.50. The second-order valence-electron chi connectivity index (χ2n) is 8.10. The zero-order valence-electron chi connectivity index (χ0n) is 15.0. The summed E-state index contributed by atoms with van der Waals surface area (Å²) in [5, 5.41) is 7.67. The van der Waals surface area contributed by atoms with Gasteiger partial charge in [-0.3, -0.25) is 10.7 Å². The fourth-order valence-corrected chi connectivity index (χ4v) is 5.39. The van der Waals surface area contributed by atoms with Crippen LogP contribution in [0.2, 0.25) is 0 Å². The highest BCUT2D eigenvalue weighted by Crippen LogP contribution is 2.38. The Morgan fingerprint density at radius 2 is 1.88 bits per heavy atom. The minimum absolute atomic E-state index is 0.169. The Hall–Kier alpha value is 0.0500. The molecule has 0 spiro atoms. The largest absolute Gasteiger partial charge is 0.376 e. The number of nitrogens with one attached hydrogen (secondary N) is 4. The third kappa shape index (κ3) is 4.49. The van der Waals surface area contributed by atoms with E-state index in [0.29, 0.717) is 30.6 Å². The number of rotatable bonds is 4. The molecule has 0 aromatic heterocycles. The lowest BCUT2D eigenvalue weighted by atomic mass is 9.70. The van der Waals surface area contributed by atoms with E-state index in [1.165, 1.54) is 32.1 Å². The number of halogens is 1. The Bertz CT molecular complexity index is 416. The van der Waals surface area contributed by atoms with Crippen molar-refractivity contribution in [3.8, 4) is 0 Å². The maximum Gasteiger partial charge on any atom is 0.0934 e. The minimum Gasteiger partial charge on any atom is -0.376 e. The average Bonchev–Trinajstić information content (AvgIpc) is 2.68. The van der Waals surface area contributed by atoms with Crippen molar-refractivity contribution in [2.75, 3.05) is 39.5 Å². The van der Waals surface area contributed by atoms with Gasteiger partial charge in [-0.15, -0.1) is 11.6 Å². The van der Waals surface area contributed by atoms with E-state index in [2.05, 4.69) is 21.5 Å². The zero-order valence-corrected chi connectivity index (χ0v) is 15.8. The molecule has 4 aliphatic rings. The Labute approximate surface area is 156 Å². The SMILES string of the molecule is ClC1CCC(C2NNC(NC[C@@H]3COCCO3)C3CNCCC32)CC1. The van der Waals surface area contributed by atoms with E-state index in [9.17, 15) is 0 Å². The maximum absolute atomic E-state index is 6.32. The van der Waals surface area contributed by atoms with Crippen LogP contribution in [0.3, 0.4) is 0 Å². The summed E-state index contributed by atoms with van der Waals surface area (Å²) in [6.07, 6.45) is 6.56. The number of alkyl halides is 1. The van der Waals surface area contributed by atoms with E-state index in [1.54, 1.807) is 0 Å². The van der Waals surface area contributed by atoms with Crippen LogP contribution in [-0.2, 0) is 9.47 Å². The quantitative estimate of drug-likeness (QED) is 0.548. The van der Waals surface area contributed by atoms with Crippen LogP contribution in [0.1, 0.15) is 32.1 Å². The summed E-state index contributed by atoms with van der Waals surface area (Å²) in [6, 6.07) is 0.573. The van der Waals surface area contributed by atoms with Crippen LogP contribution in [0.4, 0.5) is 0 Å². The van der Waals surface area contributed by atoms with Gasteiger partial charge in [0.1, 0.15) is 0 Å². The van der Waals surface area contributed by atoms with Crippen molar-refractivity contribution >= 4 is 11.6 Å². The van der Waals surface area contributed by atoms with Gasteiger partial charge in [0.25, 0.3) is 0 Å². The van der Waals surface area contributed by atoms with Crippen LogP contribution < -0.4 is 21.5 Å². The molecule has 5 atom stereocenters. The number of piperidine rings is 1. The van der Waals surface area contributed by atoms with Gasteiger partial charge in [-0.1, -0.05) is 0 Å². The van der Waals surface area contributed by atoms with Gasteiger partial charge < -0.3 is 14.8 Å². The van der Waals surface area contributed by atoms with Crippen molar-refractivity contribution < 1.29 is 9.47 Å². The highest BCUT2D eigenvalue weighted by Gasteiger charge is 2.44.